The predicted octanol–water partition coefficient (Wildman–Crippen LogP) is 0.947. The maximum absolute atomic E-state index is 12.4. The molecule has 0 bridgehead atoms. The van der Waals surface area contributed by atoms with Crippen LogP contribution in [0.15, 0.2) is 42.7 Å². The van der Waals surface area contributed by atoms with Gasteiger partial charge in [0.15, 0.2) is 5.69 Å². The van der Waals surface area contributed by atoms with Gasteiger partial charge in [0.05, 0.1) is 24.1 Å². The van der Waals surface area contributed by atoms with Crippen molar-refractivity contribution in [2.75, 3.05) is 6.54 Å². The van der Waals surface area contributed by atoms with E-state index < -0.39 is 5.60 Å². The number of aromatic nitrogens is 5. The highest BCUT2D eigenvalue weighted by Crippen LogP contribution is 2.19. The zero-order valence-electron chi connectivity index (χ0n) is 14.3. The van der Waals surface area contributed by atoms with Gasteiger partial charge in [-0.1, -0.05) is 23.4 Å². The Labute approximate surface area is 145 Å². The lowest BCUT2D eigenvalue weighted by atomic mass is 10.00. The second kappa shape index (κ2) is 6.48. The first-order valence-corrected chi connectivity index (χ1v) is 7.86. The van der Waals surface area contributed by atoms with Gasteiger partial charge in [-0.3, -0.25) is 9.48 Å². The standard InChI is InChI=1S/C17H20N6O2/c1-12-15(20-21-23(12)14-7-5-4-6-8-14)16(24)18-11-17(2,25)13-9-19-22(3)10-13/h4-10,25H,11H2,1-3H3,(H,18,24). The molecular formula is C17H20N6O2. The van der Waals surface area contributed by atoms with Gasteiger partial charge in [-0.05, 0) is 26.0 Å². The fourth-order valence-corrected chi connectivity index (χ4v) is 2.49. The summed E-state index contributed by atoms with van der Waals surface area (Å²) < 4.78 is 3.20. The predicted molar refractivity (Wildman–Crippen MR) is 91.2 cm³/mol. The van der Waals surface area contributed by atoms with E-state index in [9.17, 15) is 9.90 Å². The molecule has 3 aromatic rings. The Morgan fingerprint density at radius 2 is 2.04 bits per heavy atom. The molecule has 25 heavy (non-hydrogen) atoms. The SMILES string of the molecule is Cc1c(C(=O)NCC(C)(O)c2cnn(C)c2)nnn1-c1ccccc1. The monoisotopic (exact) mass is 340 g/mol. The van der Waals surface area contributed by atoms with Crippen molar-refractivity contribution in [1.82, 2.24) is 30.1 Å². The number of aliphatic hydroxyl groups is 1. The maximum Gasteiger partial charge on any atom is 0.273 e. The molecule has 2 aromatic heterocycles. The third-order valence-electron chi connectivity index (χ3n) is 4.03. The number of nitrogens with zero attached hydrogens (tertiary/aromatic N) is 5. The van der Waals surface area contributed by atoms with Gasteiger partial charge < -0.3 is 10.4 Å². The first-order valence-electron chi connectivity index (χ1n) is 7.86. The van der Waals surface area contributed by atoms with E-state index in [1.807, 2.05) is 30.3 Å². The van der Waals surface area contributed by atoms with E-state index in [0.29, 0.717) is 11.3 Å². The lowest BCUT2D eigenvalue weighted by Crippen LogP contribution is -2.38. The van der Waals surface area contributed by atoms with E-state index in [1.165, 1.54) is 0 Å². The van der Waals surface area contributed by atoms with Crippen molar-refractivity contribution in [3.63, 3.8) is 0 Å². The number of nitrogens with one attached hydrogen (secondary N) is 1. The summed E-state index contributed by atoms with van der Waals surface area (Å²) in [6, 6.07) is 9.46. The topological polar surface area (TPSA) is 97.9 Å². The van der Waals surface area contributed by atoms with Crippen LogP contribution in [0.3, 0.4) is 0 Å². The molecule has 0 aliphatic rings. The van der Waals surface area contributed by atoms with Crippen molar-refractivity contribution in [3.8, 4) is 5.69 Å². The van der Waals surface area contributed by atoms with Gasteiger partial charge >= 0.3 is 0 Å². The minimum absolute atomic E-state index is 0.0369. The Kier molecular flexibility index (Phi) is 4.37. The average molecular weight is 340 g/mol. The smallest absolute Gasteiger partial charge is 0.273 e. The first-order chi connectivity index (χ1) is 11.9. The van der Waals surface area contributed by atoms with Crippen LogP contribution in [-0.2, 0) is 12.6 Å². The molecule has 1 amide bonds. The van der Waals surface area contributed by atoms with Crippen molar-refractivity contribution in [1.29, 1.82) is 0 Å². The summed E-state index contributed by atoms with van der Waals surface area (Å²) in [4.78, 5) is 12.4. The van der Waals surface area contributed by atoms with Crippen LogP contribution in [0.2, 0.25) is 0 Å². The van der Waals surface area contributed by atoms with E-state index in [1.54, 1.807) is 42.7 Å². The van der Waals surface area contributed by atoms with Crippen molar-refractivity contribution in [2.24, 2.45) is 7.05 Å². The Morgan fingerprint density at radius 1 is 1.32 bits per heavy atom. The number of carbonyl (C=O) groups excluding carboxylic acids is 1. The highest BCUT2D eigenvalue weighted by atomic mass is 16.3. The van der Waals surface area contributed by atoms with Crippen LogP contribution < -0.4 is 5.32 Å². The zero-order valence-corrected chi connectivity index (χ0v) is 14.3. The number of hydrogen-bond acceptors (Lipinski definition) is 5. The quantitative estimate of drug-likeness (QED) is 0.720. The number of para-hydroxylation sites is 1. The highest BCUT2D eigenvalue weighted by molar-refractivity contribution is 5.93. The highest BCUT2D eigenvalue weighted by Gasteiger charge is 2.27. The van der Waals surface area contributed by atoms with Gasteiger partial charge in [0, 0.05) is 18.8 Å². The van der Waals surface area contributed by atoms with Crippen LogP contribution >= 0.6 is 0 Å². The van der Waals surface area contributed by atoms with Crippen LogP contribution in [-0.4, -0.2) is 42.3 Å². The average Bonchev–Trinajstić information content (AvgIpc) is 3.20. The fourth-order valence-electron chi connectivity index (χ4n) is 2.49. The fraction of sp³-hybridized carbons (Fsp3) is 0.294. The summed E-state index contributed by atoms with van der Waals surface area (Å²) >= 11 is 0. The number of benzene rings is 1. The summed E-state index contributed by atoms with van der Waals surface area (Å²) in [7, 11) is 1.77. The van der Waals surface area contributed by atoms with E-state index in [-0.39, 0.29) is 18.1 Å². The van der Waals surface area contributed by atoms with Crippen LogP contribution in [0.1, 0.15) is 28.7 Å². The Hall–Kier alpha value is -3.00. The Bertz CT molecular complexity index is 882. The third-order valence-corrected chi connectivity index (χ3v) is 4.03. The molecule has 8 nitrogen and oxygen atoms in total. The lowest BCUT2D eigenvalue weighted by Gasteiger charge is -2.22. The van der Waals surface area contributed by atoms with Crippen molar-refractivity contribution in [2.45, 2.75) is 19.4 Å². The van der Waals surface area contributed by atoms with Gasteiger partial charge in [0.2, 0.25) is 0 Å². The number of aryl methyl sites for hydroxylation is 1. The van der Waals surface area contributed by atoms with Gasteiger partial charge in [-0.25, -0.2) is 4.68 Å². The van der Waals surface area contributed by atoms with E-state index in [0.717, 1.165) is 5.69 Å². The Morgan fingerprint density at radius 3 is 2.68 bits per heavy atom. The normalized spacial score (nSPS) is 13.4. The molecule has 1 unspecified atom stereocenters. The molecule has 0 radical (unpaired) electrons. The second-order valence-electron chi connectivity index (χ2n) is 6.13. The van der Waals surface area contributed by atoms with Crippen molar-refractivity contribution >= 4 is 5.91 Å². The summed E-state index contributed by atoms with van der Waals surface area (Å²) in [5.41, 5.74) is 1.08. The van der Waals surface area contributed by atoms with Gasteiger partial charge in [-0.2, -0.15) is 5.10 Å². The molecule has 130 valence electrons. The second-order valence-corrected chi connectivity index (χ2v) is 6.13. The minimum atomic E-state index is -1.23. The summed E-state index contributed by atoms with van der Waals surface area (Å²) in [5, 5.41) is 25.3. The van der Waals surface area contributed by atoms with Crippen LogP contribution in [0.4, 0.5) is 0 Å². The molecule has 0 fully saturated rings. The molecule has 0 spiro atoms. The first kappa shape index (κ1) is 16.8. The van der Waals surface area contributed by atoms with Gasteiger partial charge in [0.1, 0.15) is 5.60 Å². The van der Waals surface area contributed by atoms with Crippen LogP contribution in [0.25, 0.3) is 5.69 Å². The molecule has 0 aliphatic carbocycles. The van der Waals surface area contributed by atoms with Gasteiger partial charge in [-0.15, -0.1) is 5.10 Å². The molecule has 0 saturated carbocycles. The molecule has 0 aliphatic heterocycles. The molecule has 0 saturated heterocycles. The molecule has 1 aromatic carbocycles. The number of amides is 1. The van der Waals surface area contributed by atoms with Crippen molar-refractivity contribution < 1.29 is 9.90 Å². The molecule has 2 heterocycles. The number of carbonyl (C=O) groups is 1. The number of rotatable bonds is 5. The molecule has 8 heteroatoms. The van der Waals surface area contributed by atoms with Crippen LogP contribution in [0.5, 0.6) is 0 Å². The largest absolute Gasteiger partial charge is 0.383 e. The third kappa shape index (κ3) is 3.43. The lowest BCUT2D eigenvalue weighted by molar-refractivity contribution is 0.0524. The van der Waals surface area contributed by atoms with E-state index in [2.05, 4.69) is 20.7 Å². The van der Waals surface area contributed by atoms with E-state index in [4.69, 9.17) is 0 Å². The maximum atomic E-state index is 12.4. The zero-order chi connectivity index (χ0) is 18.0. The van der Waals surface area contributed by atoms with Crippen LogP contribution in [0, 0.1) is 6.92 Å². The number of hydrogen-bond donors (Lipinski definition) is 2. The minimum Gasteiger partial charge on any atom is -0.383 e. The summed E-state index contributed by atoms with van der Waals surface area (Å²) in [5.74, 6) is -0.385. The molecule has 3 rings (SSSR count). The van der Waals surface area contributed by atoms with Gasteiger partial charge in [0.25, 0.3) is 5.91 Å². The molecule has 2 N–H and O–H groups in total. The summed E-state index contributed by atoms with van der Waals surface area (Å²) in [6.45, 7) is 3.44. The van der Waals surface area contributed by atoms with Crippen molar-refractivity contribution in [3.05, 3.63) is 59.7 Å². The van der Waals surface area contributed by atoms with E-state index >= 15 is 0 Å². The molecular weight excluding hydrogens is 320 g/mol. The summed E-state index contributed by atoms with van der Waals surface area (Å²) in [6.07, 6.45) is 3.28. The Balaban J connectivity index is 1.73. The molecule has 1 atom stereocenters.